The van der Waals surface area contributed by atoms with E-state index in [2.05, 4.69) is 10.00 Å². The first kappa shape index (κ1) is 20.9. The fraction of sp³-hybridized carbons (Fsp3) is 0.429. The molecule has 0 atom stereocenters. The topological polar surface area (TPSA) is 50.6 Å². The smallest absolute Gasteiger partial charge is 0.246 e. The summed E-state index contributed by atoms with van der Waals surface area (Å²) in [5, 5.41) is 4.63. The number of hydrogen-bond donors (Lipinski definition) is 0. The Morgan fingerprint density at radius 1 is 1.15 bits per heavy atom. The SMILES string of the molecule is COCCN(CCN(C)C)C(=O)/C=C/c1c(C)nn(-c2ccccc2)c1C. The lowest BCUT2D eigenvalue weighted by Gasteiger charge is -2.22. The maximum atomic E-state index is 12.7. The summed E-state index contributed by atoms with van der Waals surface area (Å²) in [5.74, 6) is -0.0137. The number of carbonyl (C=O) groups is 1. The molecular weight excluding hydrogens is 340 g/mol. The molecule has 0 aliphatic carbocycles. The molecule has 0 bridgehead atoms. The molecule has 2 aromatic rings. The summed E-state index contributed by atoms with van der Waals surface area (Å²) in [6.07, 6.45) is 3.51. The molecule has 0 N–H and O–H groups in total. The number of aromatic nitrogens is 2. The average molecular weight is 370 g/mol. The highest BCUT2D eigenvalue weighted by Gasteiger charge is 2.13. The van der Waals surface area contributed by atoms with Crippen LogP contribution in [0.15, 0.2) is 36.4 Å². The van der Waals surface area contributed by atoms with Crippen molar-refractivity contribution in [2.45, 2.75) is 13.8 Å². The van der Waals surface area contributed by atoms with Gasteiger partial charge in [0.05, 0.1) is 18.0 Å². The third kappa shape index (κ3) is 5.77. The van der Waals surface area contributed by atoms with Crippen molar-refractivity contribution >= 4 is 12.0 Å². The molecule has 0 aliphatic rings. The minimum absolute atomic E-state index is 0.0137. The predicted octanol–water partition coefficient (Wildman–Crippen LogP) is 2.54. The highest BCUT2D eigenvalue weighted by Crippen LogP contribution is 2.19. The molecule has 0 saturated carbocycles. The summed E-state index contributed by atoms with van der Waals surface area (Å²) >= 11 is 0. The van der Waals surface area contributed by atoms with Crippen LogP contribution in [0.25, 0.3) is 11.8 Å². The van der Waals surface area contributed by atoms with Crippen LogP contribution >= 0.6 is 0 Å². The van der Waals surface area contributed by atoms with Crippen molar-refractivity contribution in [3.8, 4) is 5.69 Å². The quantitative estimate of drug-likeness (QED) is 0.637. The van der Waals surface area contributed by atoms with Gasteiger partial charge in [-0.05, 0) is 46.2 Å². The van der Waals surface area contributed by atoms with Crippen molar-refractivity contribution in [1.82, 2.24) is 19.6 Å². The number of nitrogens with zero attached hydrogens (tertiary/aromatic N) is 4. The molecule has 0 fully saturated rings. The Bertz CT molecular complexity index is 766. The summed E-state index contributed by atoms with van der Waals surface area (Å²) < 4.78 is 7.05. The van der Waals surface area contributed by atoms with Crippen molar-refractivity contribution in [2.24, 2.45) is 0 Å². The van der Waals surface area contributed by atoms with Crippen LogP contribution in [0, 0.1) is 13.8 Å². The molecule has 0 unspecified atom stereocenters. The summed E-state index contributed by atoms with van der Waals surface area (Å²) in [7, 11) is 5.65. The van der Waals surface area contributed by atoms with Crippen LogP contribution in [0.1, 0.15) is 17.0 Å². The van der Waals surface area contributed by atoms with Crippen LogP contribution in [0.2, 0.25) is 0 Å². The number of carbonyl (C=O) groups excluding carboxylic acids is 1. The average Bonchev–Trinajstić information content (AvgIpc) is 2.94. The van der Waals surface area contributed by atoms with E-state index in [0.717, 1.165) is 29.2 Å². The largest absolute Gasteiger partial charge is 0.383 e. The highest BCUT2D eigenvalue weighted by molar-refractivity contribution is 5.92. The molecule has 0 spiro atoms. The number of amides is 1. The van der Waals surface area contributed by atoms with Crippen LogP contribution < -0.4 is 0 Å². The second-order valence-electron chi connectivity index (χ2n) is 6.79. The van der Waals surface area contributed by atoms with Gasteiger partial charge in [0, 0.05) is 44.1 Å². The lowest BCUT2D eigenvalue weighted by Crippen LogP contribution is -2.37. The number of likely N-dealkylation sites (N-methyl/N-ethyl adjacent to an activating group) is 1. The Balaban J connectivity index is 2.17. The van der Waals surface area contributed by atoms with Crippen molar-refractivity contribution in [3.63, 3.8) is 0 Å². The highest BCUT2D eigenvalue weighted by atomic mass is 16.5. The normalized spacial score (nSPS) is 11.5. The number of rotatable bonds is 9. The van der Waals surface area contributed by atoms with Crippen molar-refractivity contribution in [1.29, 1.82) is 0 Å². The van der Waals surface area contributed by atoms with Crippen LogP contribution in [-0.4, -0.2) is 72.9 Å². The van der Waals surface area contributed by atoms with E-state index < -0.39 is 0 Å². The first-order valence-corrected chi connectivity index (χ1v) is 9.16. The van der Waals surface area contributed by atoms with E-state index in [1.807, 2.05) is 73.9 Å². The van der Waals surface area contributed by atoms with Crippen molar-refractivity contribution in [3.05, 3.63) is 53.4 Å². The zero-order valence-corrected chi connectivity index (χ0v) is 17.0. The van der Waals surface area contributed by atoms with Gasteiger partial charge in [-0.1, -0.05) is 18.2 Å². The molecule has 1 amide bonds. The second-order valence-corrected chi connectivity index (χ2v) is 6.79. The monoisotopic (exact) mass is 370 g/mol. The van der Waals surface area contributed by atoms with E-state index in [0.29, 0.717) is 19.7 Å². The molecule has 146 valence electrons. The van der Waals surface area contributed by atoms with Gasteiger partial charge in [0.25, 0.3) is 0 Å². The predicted molar refractivity (Wildman–Crippen MR) is 109 cm³/mol. The number of para-hydroxylation sites is 1. The van der Waals surface area contributed by atoms with E-state index in [4.69, 9.17) is 4.74 Å². The molecule has 1 aromatic heterocycles. The van der Waals surface area contributed by atoms with Crippen LogP contribution in [0.4, 0.5) is 0 Å². The zero-order chi connectivity index (χ0) is 19.8. The lowest BCUT2D eigenvalue weighted by atomic mass is 10.1. The molecule has 27 heavy (non-hydrogen) atoms. The summed E-state index contributed by atoms with van der Waals surface area (Å²) in [5.41, 5.74) is 3.90. The molecule has 6 heteroatoms. The first-order chi connectivity index (χ1) is 12.9. The maximum absolute atomic E-state index is 12.7. The minimum atomic E-state index is -0.0137. The third-order valence-electron chi connectivity index (χ3n) is 4.43. The Morgan fingerprint density at radius 3 is 2.48 bits per heavy atom. The van der Waals surface area contributed by atoms with Gasteiger partial charge in [0.15, 0.2) is 0 Å². The minimum Gasteiger partial charge on any atom is -0.383 e. The molecule has 6 nitrogen and oxygen atoms in total. The number of aryl methyl sites for hydroxylation is 1. The van der Waals surface area contributed by atoms with Gasteiger partial charge < -0.3 is 14.5 Å². The van der Waals surface area contributed by atoms with Gasteiger partial charge in [0.2, 0.25) is 5.91 Å². The van der Waals surface area contributed by atoms with Crippen LogP contribution in [-0.2, 0) is 9.53 Å². The van der Waals surface area contributed by atoms with Crippen LogP contribution in [0.3, 0.4) is 0 Å². The molecule has 0 saturated heterocycles. The van der Waals surface area contributed by atoms with Crippen LogP contribution in [0.5, 0.6) is 0 Å². The fourth-order valence-electron chi connectivity index (χ4n) is 2.83. The van der Waals surface area contributed by atoms with Gasteiger partial charge in [-0.3, -0.25) is 4.79 Å². The summed E-state index contributed by atoms with van der Waals surface area (Å²) in [6.45, 7) is 6.57. The van der Waals surface area contributed by atoms with Crippen molar-refractivity contribution < 1.29 is 9.53 Å². The molecular formula is C21H30N4O2. The molecule has 2 rings (SSSR count). The molecule has 1 heterocycles. The Hall–Kier alpha value is -2.44. The van der Waals surface area contributed by atoms with Gasteiger partial charge in [0.1, 0.15) is 0 Å². The number of ether oxygens (including phenoxy) is 1. The zero-order valence-electron chi connectivity index (χ0n) is 17.0. The number of hydrogen-bond acceptors (Lipinski definition) is 4. The van der Waals surface area contributed by atoms with Gasteiger partial charge >= 0.3 is 0 Å². The van der Waals surface area contributed by atoms with E-state index >= 15 is 0 Å². The molecule has 0 aliphatic heterocycles. The Kier molecular flexibility index (Phi) is 7.76. The van der Waals surface area contributed by atoms with Crippen molar-refractivity contribution in [2.75, 3.05) is 47.4 Å². The lowest BCUT2D eigenvalue weighted by molar-refractivity contribution is -0.126. The standard InChI is InChI=1S/C21H30N4O2/c1-17-20(18(2)25(22-17)19-9-7-6-8-10-19)11-12-21(26)24(15-16-27-5)14-13-23(3)4/h6-12H,13-16H2,1-5H3/b12-11+. The Labute approximate surface area is 162 Å². The number of benzene rings is 1. The van der Waals surface area contributed by atoms with Gasteiger partial charge in [-0.15, -0.1) is 0 Å². The fourth-order valence-corrected chi connectivity index (χ4v) is 2.83. The molecule has 1 aromatic carbocycles. The summed E-state index contributed by atoms with van der Waals surface area (Å²) in [4.78, 5) is 16.5. The van der Waals surface area contributed by atoms with E-state index in [1.165, 1.54) is 0 Å². The second kappa shape index (κ2) is 10.0. The number of methoxy groups -OCH3 is 1. The van der Waals surface area contributed by atoms with E-state index in [9.17, 15) is 4.79 Å². The van der Waals surface area contributed by atoms with E-state index in [-0.39, 0.29) is 5.91 Å². The van der Waals surface area contributed by atoms with Gasteiger partial charge in [-0.25, -0.2) is 4.68 Å². The maximum Gasteiger partial charge on any atom is 0.246 e. The van der Waals surface area contributed by atoms with Gasteiger partial charge in [-0.2, -0.15) is 5.10 Å². The third-order valence-corrected chi connectivity index (χ3v) is 4.43. The Morgan fingerprint density at radius 2 is 1.85 bits per heavy atom. The molecule has 0 radical (unpaired) electrons. The first-order valence-electron chi connectivity index (χ1n) is 9.16. The van der Waals surface area contributed by atoms with E-state index in [1.54, 1.807) is 13.2 Å². The summed E-state index contributed by atoms with van der Waals surface area (Å²) in [6, 6.07) is 10.0.